The Kier molecular flexibility index (Phi) is 5.89. The highest BCUT2D eigenvalue weighted by Gasteiger charge is 2.19. The first kappa shape index (κ1) is 21.1. The average molecular weight is 439 g/mol. The maximum Gasteiger partial charge on any atom is 0.390 e. The van der Waals surface area contributed by atoms with E-state index >= 15 is 0 Å². The molecule has 9 heteroatoms. The van der Waals surface area contributed by atoms with Gasteiger partial charge in [0.1, 0.15) is 11.4 Å². The van der Waals surface area contributed by atoms with Crippen LogP contribution in [-0.2, 0) is 4.74 Å². The Bertz CT molecular complexity index is 1290. The molecule has 2 aromatic carbocycles. The van der Waals surface area contributed by atoms with Gasteiger partial charge in [-0.25, -0.2) is 4.98 Å². The number of benzene rings is 2. The molecule has 0 amide bonds. The number of alkyl halides is 2. The van der Waals surface area contributed by atoms with Crippen molar-refractivity contribution < 1.29 is 27.4 Å². The van der Waals surface area contributed by atoms with Crippen LogP contribution < -0.4 is 4.74 Å². The molecule has 4 rings (SSSR count). The molecule has 0 aliphatic heterocycles. The predicted octanol–water partition coefficient (Wildman–Crippen LogP) is 5.44. The van der Waals surface area contributed by atoms with E-state index < -0.39 is 12.8 Å². The van der Waals surface area contributed by atoms with Crippen molar-refractivity contribution in [1.29, 1.82) is 0 Å². The second-order valence-corrected chi connectivity index (χ2v) is 6.60. The second-order valence-electron chi connectivity index (χ2n) is 6.60. The zero-order valence-electron chi connectivity index (χ0n) is 16.7. The van der Waals surface area contributed by atoms with Crippen molar-refractivity contribution in [3.05, 3.63) is 84.1 Å². The fraction of sp³-hybridized carbons (Fsp3) is 0.0870. The first-order valence-corrected chi connectivity index (χ1v) is 9.41. The summed E-state index contributed by atoms with van der Waals surface area (Å²) in [4.78, 5) is 20.6. The van der Waals surface area contributed by atoms with Crippen molar-refractivity contribution in [2.45, 2.75) is 6.61 Å². The SMILES string of the molecule is COc1ccc(-c2c(N=C(F)OC(F)F)nc3ccc(C(=O)c4ccccc4)cn23)cc1. The van der Waals surface area contributed by atoms with E-state index in [1.54, 1.807) is 77.3 Å². The minimum absolute atomic E-state index is 0.183. The van der Waals surface area contributed by atoms with E-state index in [0.29, 0.717) is 33.8 Å². The molecule has 0 atom stereocenters. The number of carbonyl (C=O) groups excluding carboxylic acids is 1. The smallest absolute Gasteiger partial charge is 0.390 e. The van der Waals surface area contributed by atoms with Gasteiger partial charge in [-0.1, -0.05) is 30.3 Å². The van der Waals surface area contributed by atoms with Crippen LogP contribution in [0.4, 0.5) is 19.0 Å². The molecule has 0 aliphatic carbocycles. The Labute approximate surface area is 180 Å². The maximum absolute atomic E-state index is 13.8. The molecule has 32 heavy (non-hydrogen) atoms. The van der Waals surface area contributed by atoms with Crippen LogP contribution in [0.2, 0.25) is 0 Å². The third kappa shape index (κ3) is 4.31. The third-order valence-electron chi connectivity index (χ3n) is 4.64. The molecule has 0 aliphatic rings. The monoisotopic (exact) mass is 439 g/mol. The lowest BCUT2D eigenvalue weighted by atomic mass is 10.1. The van der Waals surface area contributed by atoms with Gasteiger partial charge in [-0.2, -0.15) is 13.8 Å². The van der Waals surface area contributed by atoms with Crippen LogP contribution in [-0.4, -0.2) is 35.0 Å². The Hall–Kier alpha value is -4.14. The number of ketones is 1. The summed E-state index contributed by atoms with van der Waals surface area (Å²) in [5.74, 6) is 0.177. The number of rotatable bonds is 6. The van der Waals surface area contributed by atoms with Gasteiger partial charge < -0.3 is 9.47 Å². The Morgan fingerprint density at radius 3 is 2.38 bits per heavy atom. The van der Waals surface area contributed by atoms with E-state index in [4.69, 9.17) is 4.74 Å². The number of methoxy groups -OCH3 is 1. The summed E-state index contributed by atoms with van der Waals surface area (Å²) in [7, 11) is 1.51. The minimum atomic E-state index is -3.37. The summed E-state index contributed by atoms with van der Waals surface area (Å²) in [6, 6.07) is 18.5. The number of ether oxygens (including phenoxy) is 2. The van der Waals surface area contributed by atoms with Crippen molar-refractivity contribution in [2.75, 3.05) is 7.11 Å². The van der Waals surface area contributed by atoms with E-state index in [0.717, 1.165) is 0 Å². The second kappa shape index (κ2) is 8.93. The summed E-state index contributed by atoms with van der Waals surface area (Å²) in [5.41, 5.74) is 2.02. The topological polar surface area (TPSA) is 65.2 Å². The molecule has 6 nitrogen and oxygen atoms in total. The zero-order valence-corrected chi connectivity index (χ0v) is 16.7. The molecule has 2 aromatic heterocycles. The van der Waals surface area contributed by atoms with Crippen LogP contribution in [0.25, 0.3) is 16.9 Å². The Morgan fingerprint density at radius 2 is 1.72 bits per heavy atom. The number of nitrogens with zero attached hydrogens (tertiary/aromatic N) is 3. The van der Waals surface area contributed by atoms with Gasteiger partial charge in [0, 0.05) is 22.9 Å². The molecule has 2 heterocycles. The number of aliphatic imine (C=N–C) groups is 1. The van der Waals surface area contributed by atoms with Crippen LogP contribution in [0.15, 0.2) is 77.9 Å². The van der Waals surface area contributed by atoms with Crippen molar-refractivity contribution in [3.63, 3.8) is 0 Å². The normalized spacial score (nSPS) is 11.7. The highest BCUT2D eigenvalue weighted by Crippen LogP contribution is 2.33. The maximum atomic E-state index is 13.8. The van der Waals surface area contributed by atoms with Gasteiger partial charge in [0.2, 0.25) is 0 Å². The van der Waals surface area contributed by atoms with Crippen LogP contribution in [0.3, 0.4) is 0 Å². The predicted molar refractivity (Wildman–Crippen MR) is 112 cm³/mol. The van der Waals surface area contributed by atoms with E-state index in [9.17, 15) is 18.0 Å². The number of halogens is 3. The van der Waals surface area contributed by atoms with Gasteiger partial charge in [-0.3, -0.25) is 9.20 Å². The van der Waals surface area contributed by atoms with Crippen molar-refractivity contribution in [3.8, 4) is 17.0 Å². The van der Waals surface area contributed by atoms with Crippen LogP contribution >= 0.6 is 0 Å². The molecule has 162 valence electrons. The van der Waals surface area contributed by atoms with Crippen molar-refractivity contribution >= 4 is 23.4 Å². The summed E-state index contributed by atoms with van der Waals surface area (Å²) < 4.78 is 49.0. The standard InChI is InChI=1S/C23H16F3N3O3/c1-31-17-10-7-14(8-11-17)19-21(28-23(26)32-22(24)25)27-18-12-9-16(13-29(18)19)20(30)15-5-3-2-4-6-15/h2-13,22H,1H3. The van der Waals surface area contributed by atoms with E-state index in [2.05, 4.69) is 14.7 Å². The van der Waals surface area contributed by atoms with E-state index in [-0.39, 0.29) is 11.6 Å². The molecular weight excluding hydrogens is 423 g/mol. The first-order chi connectivity index (χ1) is 15.5. The molecule has 0 unspecified atom stereocenters. The van der Waals surface area contributed by atoms with Crippen molar-refractivity contribution in [1.82, 2.24) is 9.38 Å². The summed E-state index contributed by atoms with van der Waals surface area (Å²) in [6.07, 6.45) is -0.180. The Morgan fingerprint density at radius 1 is 1.00 bits per heavy atom. The lowest BCUT2D eigenvalue weighted by Gasteiger charge is -2.07. The minimum Gasteiger partial charge on any atom is -0.497 e. The lowest BCUT2D eigenvalue weighted by Crippen LogP contribution is -2.04. The molecule has 0 bridgehead atoms. The molecule has 0 fully saturated rings. The summed E-state index contributed by atoms with van der Waals surface area (Å²) in [6.45, 7) is -3.37. The van der Waals surface area contributed by atoms with Gasteiger partial charge >= 0.3 is 12.8 Å². The highest BCUT2D eigenvalue weighted by atomic mass is 19.3. The number of aromatic nitrogens is 2. The number of carbonyl (C=O) groups is 1. The quantitative estimate of drug-likeness (QED) is 0.228. The van der Waals surface area contributed by atoms with Gasteiger partial charge in [-0.15, -0.1) is 4.39 Å². The fourth-order valence-electron chi connectivity index (χ4n) is 3.20. The van der Waals surface area contributed by atoms with Gasteiger partial charge in [0.05, 0.1) is 12.8 Å². The van der Waals surface area contributed by atoms with Gasteiger partial charge in [-0.05, 0) is 36.4 Å². The van der Waals surface area contributed by atoms with Crippen LogP contribution in [0.5, 0.6) is 5.75 Å². The molecule has 0 saturated heterocycles. The number of fused-ring (bicyclic) bond motifs is 1. The molecule has 0 radical (unpaired) electrons. The van der Waals surface area contributed by atoms with Gasteiger partial charge in [0.25, 0.3) is 0 Å². The molecule has 0 saturated carbocycles. The first-order valence-electron chi connectivity index (χ1n) is 9.41. The lowest BCUT2D eigenvalue weighted by molar-refractivity contribution is -0.0688. The fourth-order valence-corrected chi connectivity index (χ4v) is 3.20. The summed E-state index contributed by atoms with van der Waals surface area (Å²) >= 11 is 0. The van der Waals surface area contributed by atoms with Crippen LogP contribution in [0, 0.1) is 0 Å². The molecule has 0 spiro atoms. The van der Waals surface area contributed by atoms with Crippen LogP contribution in [0.1, 0.15) is 15.9 Å². The average Bonchev–Trinajstić information content (AvgIpc) is 3.15. The highest BCUT2D eigenvalue weighted by molar-refractivity contribution is 6.09. The number of pyridine rings is 1. The zero-order chi connectivity index (χ0) is 22.7. The van der Waals surface area contributed by atoms with E-state index in [1.807, 2.05) is 0 Å². The molecule has 4 aromatic rings. The third-order valence-corrected chi connectivity index (χ3v) is 4.64. The number of imidazole rings is 1. The largest absolute Gasteiger partial charge is 0.497 e. The van der Waals surface area contributed by atoms with E-state index in [1.165, 1.54) is 7.11 Å². The number of hydrogen-bond donors (Lipinski definition) is 0. The number of hydrogen-bond acceptors (Lipinski definition) is 5. The summed E-state index contributed by atoms with van der Waals surface area (Å²) in [5, 5.41) is 0. The Balaban J connectivity index is 1.88. The van der Waals surface area contributed by atoms with Crippen molar-refractivity contribution in [2.24, 2.45) is 4.99 Å². The molecule has 0 N–H and O–H groups in total. The van der Waals surface area contributed by atoms with Gasteiger partial charge in [0.15, 0.2) is 11.6 Å². The molecular formula is C23H16F3N3O3.